The molecule has 20 heavy (non-hydrogen) atoms. The van der Waals surface area contributed by atoms with Crippen molar-refractivity contribution in [2.45, 2.75) is 12.8 Å². The molecule has 2 aromatic rings. The number of nitrogens with two attached hydrogens (primary N) is 1. The van der Waals surface area contributed by atoms with E-state index in [9.17, 15) is 14.0 Å². The van der Waals surface area contributed by atoms with E-state index >= 15 is 0 Å². The third-order valence-corrected chi connectivity index (χ3v) is 3.31. The van der Waals surface area contributed by atoms with E-state index in [1.165, 1.54) is 35.6 Å². The molecule has 0 aliphatic carbocycles. The van der Waals surface area contributed by atoms with Crippen molar-refractivity contribution < 1.29 is 14.0 Å². The standard InChI is InChI=1S/C13H12FN3O2S/c14-9-3-1-8(2-4-9)12(19)17-13-16-10(7-20-13)5-6-11(15)18/h1-4,7H,5-6H2,(H2,15,18)(H,16,17,19). The summed E-state index contributed by atoms with van der Waals surface area (Å²) in [5, 5.41) is 4.80. The molecule has 2 rings (SSSR count). The number of anilines is 1. The molecule has 104 valence electrons. The summed E-state index contributed by atoms with van der Waals surface area (Å²) in [7, 11) is 0. The van der Waals surface area contributed by atoms with Crippen LogP contribution in [0.15, 0.2) is 29.6 Å². The number of carbonyl (C=O) groups is 2. The number of nitrogens with zero attached hydrogens (tertiary/aromatic N) is 1. The second kappa shape index (κ2) is 6.25. The van der Waals surface area contributed by atoms with Gasteiger partial charge in [0.05, 0.1) is 5.69 Å². The quantitative estimate of drug-likeness (QED) is 0.883. The van der Waals surface area contributed by atoms with Crippen LogP contribution in [0.2, 0.25) is 0 Å². The van der Waals surface area contributed by atoms with Crippen LogP contribution in [0.4, 0.5) is 9.52 Å². The number of thiazole rings is 1. The number of carbonyl (C=O) groups excluding carboxylic acids is 2. The number of hydrogen-bond acceptors (Lipinski definition) is 4. The van der Waals surface area contributed by atoms with E-state index in [0.29, 0.717) is 22.8 Å². The molecule has 0 fully saturated rings. The maximum atomic E-state index is 12.8. The fraction of sp³-hybridized carbons (Fsp3) is 0.154. The number of nitrogens with one attached hydrogen (secondary N) is 1. The molecular weight excluding hydrogens is 281 g/mol. The molecule has 7 heteroatoms. The summed E-state index contributed by atoms with van der Waals surface area (Å²) in [6, 6.07) is 5.22. The van der Waals surface area contributed by atoms with Crippen LogP contribution in [0.1, 0.15) is 22.5 Å². The van der Waals surface area contributed by atoms with Gasteiger partial charge in [-0.1, -0.05) is 0 Å². The Kier molecular flexibility index (Phi) is 4.41. The maximum absolute atomic E-state index is 12.8. The summed E-state index contributed by atoms with van der Waals surface area (Å²) in [6.07, 6.45) is 0.660. The van der Waals surface area contributed by atoms with E-state index in [1.807, 2.05) is 0 Å². The smallest absolute Gasteiger partial charge is 0.257 e. The molecule has 5 nitrogen and oxygen atoms in total. The van der Waals surface area contributed by atoms with Gasteiger partial charge in [-0.3, -0.25) is 14.9 Å². The van der Waals surface area contributed by atoms with E-state index < -0.39 is 11.7 Å². The number of rotatable bonds is 5. The first-order valence-corrected chi connectivity index (χ1v) is 6.72. The van der Waals surface area contributed by atoms with Crippen LogP contribution < -0.4 is 11.1 Å². The molecule has 0 unspecified atom stereocenters. The molecule has 0 saturated heterocycles. The lowest BCUT2D eigenvalue weighted by Crippen LogP contribution is -2.12. The fourth-order valence-electron chi connectivity index (χ4n) is 1.50. The molecule has 0 saturated carbocycles. The van der Waals surface area contributed by atoms with Gasteiger partial charge in [0, 0.05) is 17.4 Å². The minimum absolute atomic E-state index is 0.217. The van der Waals surface area contributed by atoms with Crippen LogP contribution >= 0.6 is 11.3 Å². The first-order valence-electron chi connectivity index (χ1n) is 5.84. The van der Waals surface area contributed by atoms with Crippen LogP contribution in [0.3, 0.4) is 0 Å². The van der Waals surface area contributed by atoms with Gasteiger partial charge in [0.1, 0.15) is 5.82 Å². The molecule has 0 aliphatic heterocycles. The molecular formula is C13H12FN3O2S. The molecule has 1 aromatic heterocycles. The predicted molar refractivity (Wildman–Crippen MR) is 74.0 cm³/mol. The summed E-state index contributed by atoms with van der Waals surface area (Å²) in [5.74, 6) is -1.15. The van der Waals surface area contributed by atoms with Gasteiger partial charge in [0.15, 0.2) is 5.13 Å². The van der Waals surface area contributed by atoms with Crippen molar-refractivity contribution in [1.82, 2.24) is 4.98 Å². The van der Waals surface area contributed by atoms with Crippen molar-refractivity contribution in [3.05, 3.63) is 46.7 Å². The van der Waals surface area contributed by atoms with Crippen molar-refractivity contribution in [2.24, 2.45) is 5.73 Å². The minimum Gasteiger partial charge on any atom is -0.370 e. The largest absolute Gasteiger partial charge is 0.370 e. The highest BCUT2D eigenvalue weighted by Gasteiger charge is 2.09. The van der Waals surface area contributed by atoms with E-state index in [-0.39, 0.29) is 12.3 Å². The summed E-state index contributed by atoms with van der Waals surface area (Å²) in [5.41, 5.74) is 6.10. The number of benzene rings is 1. The van der Waals surface area contributed by atoms with E-state index in [0.717, 1.165) is 0 Å². The van der Waals surface area contributed by atoms with Gasteiger partial charge in [-0.25, -0.2) is 9.37 Å². The molecule has 0 spiro atoms. The molecule has 0 bridgehead atoms. The highest BCUT2D eigenvalue weighted by Crippen LogP contribution is 2.17. The van der Waals surface area contributed by atoms with Gasteiger partial charge in [-0.15, -0.1) is 11.3 Å². The van der Waals surface area contributed by atoms with Gasteiger partial charge in [0.25, 0.3) is 5.91 Å². The Hall–Kier alpha value is -2.28. The fourth-order valence-corrected chi connectivity index (χ4v) is 2.24. The zero-order valence-electron chi connectivity index (χ0n) is 10.4. The van der Waals surface area contributed by atoms with Crippen molar-refractivity contribution in [3.8, 4) is 0 Å². The average molecular weight is 293 g/mol. The van der Waals surface area contributed by atoms with Crippen LogP contribution in [0.5, 0.6) is 0 Å². The molecule has 0 radical (unpaired) electrons. The van der Waals surface area contributed by atoms with Crippen LogP contribution in [-0.2, 0) is 11.2 Å². The summed E-state index contributed by atoms with van der Waals surface area (Å²) in [6.45, 7) is 0. The molecule has 3 N–H and O–H groups in total. The molecule has 1 heterocycles. The second-order valence-corrected chi connectivity index (χ2v) is 4.93. The monoisotopic (exact) mass is 293 g/mol. The highest BCUT2D eigenvalue weighted by molar-refractivity contribution is 7.13. The second-order valence-electron chi connectivity index (χ2n) is 4.07. The third-order valence-electron chi connectivity index (χ3n) is 2.51. The Bertz CT molecular complexity index is 625. The van der Waals surface area contributed by atoms with Crippen molar-refractivity contribution in [2.75, 3.05) is 5.32 Å². The molecule has 1 aromatic carbocycles. The van der Waals surface area contributed by atoms with Gasteiger partial charge in [-0.05, 0) is 30.7 Å². The van der Waals surface area contributed by atoms with Gasteiger partial charge < -0.3 is 5.73 Å². The number of halogens is 1. The number of primary amides is 1. The lowest BCUT2D eigenvalue weighted by Gasteiger charge is -2.01. The van der Waals surface area contributed by atoms with Crippen molar-refractivity contribution in [3.63, 3.8) is 0 Å². The Morgan fingerprint density at radius 3 is 2.65 bits per heavy atom. The lowest BCUT2D eigenvalue weighted by atomic mass is 10.2. The Labute approximate surface area is 118 Å². The van der Waals surface area contributed by atoms with E-state index in [2.05, 4.69) is 10.3 Å². The third kappa shape index (κ3) is 3.86. The minimum atomic E-state index is -0.399. The zero-order valence-corrected chi connectivity index (χ0v) is 11.2. The van der Waals surface area contributed by atoms with E-state index in [4.69, 9.17) is 5.73 Å². The topological polar surface area (TPSA) is 85.1 Å². The number of aryl methyl sites for hydroxylation is 1. The van der Waals surface area contributed by atoms with Crippen molar-refractivity contribution in [1.29, 1.82) is 0 Å². The van der Waals surface area contributed by atoms with Gasteiger partial charge in [-0.2, -0.15) is 0 Å². The molecule has 0 atom stereocenters. The van der Waals surface area contributed by atoms with Crippen LogP contribution in [0.25, 0.3) is 0 Å². The summed E-state index contributed by atoms with van der Waals surface area (Å²) in [4.78, 5) is 26.7. The van der Waals surface area contributed by atoms with Crippen molar-refractivity contribution >= 4 is 28.3 Å². The first-order chi connectivity index (χ1) is 9.54. The maximum Gasteiger partial charge on any atom is 0.257 e. The Morgan fingerprint density at radius 1 is 1.30 bits per heavy atom. The molecule has 2 amide bonds. The van der Waals surface area contributed by atoms with Gasteiger partial charge >= 0.3 is 0 Å². The normalized spacial score (nSPS) is 10.2. The predicted octanol–water partition coefficient (Wildman–Crippen LogP) is 1.95. The SMILES string of the molecule is NC(=O)CCc1csc(NC(=O)c2ccc(F)cc2)n1. The first kappa shape index (κ1) is 14.1. The summed E-state index contributed by atoms with van der Waals surface area (Å²) >= 11 is 1.26. The number of amides is 2. The van der Waals surface area contributed by atoms with E-state index in [1.54, 1.807) is 5.38 Å². The Balaban J connectivity index is 1.97. The average Bonchev–Trinajstić information content (AvgIpc) is 2.84. The van der Waals surface area contributed by atoms with Crippen LogP contribution in [-0.4, -0.2) is 16.8 Å². The summed E-state index contributed by atoms with van der Waals surface area (Å²) < 4.78 is 12.8. The van der Waals surface area contributed by atoms with Gasteiger partial charge in [0.2, 0.25) is 5.91 Å². The van der Waals surface area contributed by atoms with Crippen LogP contribution in [0, 0.1) is 5.82 Å². The zero-order chi connectivity index (χ0) is 14.5. The number of hydrogen-bond donors (Lipinski definition) is 2. The Morgan fingerprint density at radius 2 is 2.00 bits per heavy atom. The lowest BCUT2D eigenvalue weighted by molar-refractivity contribution is -0.118. The number of aromatic nitrogens is 1. The highest BCUT2D eigenvalue weighted by atomic mass is 32.1. The molecule has 0 aliphatic rings.